The summed E-state index contributed by atoms with van der Waals surface area (Å²) >= 11 is 0. The minimum Gasteiger partial charge on any atom is -0.467 e. The molecule has 0 radical (unpaired) electrons. The molecule has 39 heavy (non-hydrogen) atoms. The normalized spacial score (nSPS) is 11.5. The third-order valence-corrected chi connectivity index (χ3v) is 4.47. The van der Waals surface area contributed by atoms with Gasteiger partial charge >= 0.3 is 5.97 Å². The summed E-state index contributed by atoms with van der Waals surface area (Å²) in [5, 5.41) is 0. The molecule has 0 aliphatic carbocycles. The lowest BCUT2D eigenvalue weighted by Crippen LogP contribution is -2.16. The first kappa shape index (κ1) is 38.0. The van der Waals surface area contributed by atoms with E-state index in [0.717, 1.165) is 0 Å². The molecule has 0 aromatic rings. The Bertz CT molecular complexity index is 483. The van der Waals surface area contributed by atoms with Crippen molar-refractivity contribution in [1.82, 2.24) is 0 Å². The Labute approximate surface area is 233 Å². The molecule has 0 heterocycles. The molecular formula is C26H52O13. The number of methoxy groups -OCH3 is 1. The highest BCUT2D eigenvalue weighted by Gasteiger charge is 1.99. The summed E-state index contributed by atoms with van der Waals surface area (Å²) in [5.74, 6) is -0.406. The average Bonchev–Trinajstić information content (AvgIpc) is 2.93. The largest absolute Gasteiger partial charge is 0.467 e. The summed E-state index contributed by atoms with van der Waals surface area (Å²) in [6, 6.07) is 0. The quantitative estimate of drug-likeness (QED) is 0.0811. The molecule has 0 N–H and O–H groups in total. The zero-order chi connectivity index (χ0) is 28.5. The zero-order valence-corrected chi connectivity index (χ0v) is 24.2. The number of rotatable bonds is 33. The van der Waals surface area contributed by atoms with Crippen molar-refractivity contribution in [1.29, 1.82) is 0 Å². The van der Waals surface area contributed by atoms with Gasteiger partial charge in [0.25, 0.3) is 0 Å². The van der Waals surface area contributed by atoms with Crippen molar-refractivity contribution in [2.75, 3.05) is 146 Å². The molecule has 0 spiro atoms. The average molecular weight is 573 g/mol. The van der Waals surface area contributed by atoms with Crippen LogP contribution in [0.4, 0.5) is 0 Å². The Kier molecular flexibility index (Phi) is 32.4. The number of carbonyl (C=O) groups excluding carboxylic acids is 1. The molecule has 0 bridgehead atoms. The first-order valence-corrected chi connectivity index (χ1v) is 13.6. The van der Waals surface area contributed by atoms with Gasteiger partial charge in [-0.25, -0.2) is 4.79 Å². The fourth-order valence-electron chi connectivity index (χ4n) is 2.54. The monoisotopic (exact) mass is 572 g/mol. The number of hydrogen-bond donors (Lipinski definition) is 0. The highest BCUT2D eigenvalue weighted by atomic mass is 16.6. The molecule has 0 saturated carbocycles. The van der Waals surface area contributed by atoms with Crippen LogP contribution in [-0.4, -0.2) is 158 Å². The van der Waals surface area contributed by atoms with Gasteiger partial charge in [0, 0.05) is 0 Å². The summed E-state index contributed by atoms with van der Waals surface area (Å²) in [4.78, 5) is 10.8. The van der Waals surface area contributed by atoms with E-state index >= 15 is 0 Å². The smallest absolute Gasteiger partial charge is 0.331 e. The van der Waals surface area contributed by atoms with E-state index in [1.807, 2.05) is 13.8 Å². The van der Waals surface area contributed by atoms with Gasteiger partial charge in [-0.1, -0.05) is 0 Å². The van der Waals surface area contributed by atoms with E-state index in [9.17, 15) is 4.79 Å². The second-order valence-electron chi connectivity index (χ2n) is 8.06. The highest BCUT2D eigenvalue weighted by Crippen LogP contribution is 1.89. The van der Waals surface area contributed by atoms with Crippen LogP contribution in [0.15, 0.2) is 0 Å². The van der Waals surface area contributed by atoms with Crippen LogP contribution in [0.5, 0.6) is 0 Å². The minimum atomic E-state index is -0.406. The molecule has 0 fully saturated rings. The van der Waals surface area contributed by atoms with Crippen LogP contribution in [0.1, 0.15) is 13.8 Å². The maximum Gasteiger partial charge on any atom is 0.331 e. The first-order chi connectivity index (χ1) is 19.2. The maximum absolute atomic E-state index is 10.8. The number of ether oxygens (including phenoxy) is 12. The van der Waals surface area contributed by atoms with Crippen molar-refractivity contribution in [3.05, 3.63) is 0 Å². The van der Waals surface area contributed by atoms with Crippen molar-refractivity contribution < 1.29 is 61.6 Å². The van der Waals surface area contributed by atoms with E-state index in [-0.39, 0.29) is 12.7 Å². The van der Waals surface area contributed by atoms with E-state index in [2.05, 4.69) is 4.74 Å². The van der Waals surface area contributed by atoms with Gasteiger partial charge in [-0.15, -0.1) is 0 Å². The molecular weight excluding hydrogens is 520 g/mol. The molecule has 0 unspecified atom stereocenters. The molecule has 0 rings (SSSR count). The number of hydrogen-bond acceptors (Lipinski definition) is 13. The summed E-state index contributed by atoms with van der Waals surface area (Å²) in [5.41, 5.74) is 0. The van der Waals surface area contributed by atoms with Gasteiger partial charge in [0.2, 0.25) is 0 Å². The van der Waals surface area contributed by atoms with E-state index in [0.29, 0.717) is 132 Å². The zero-order valence-electron chi connectivity index (χ0n) is 24.2. The Morgan fingerprint density at radius 3 is 0.872 bits per heavy atom. The molecule has 0 saturated heterocycles. The summed E-state index contributed by atoms with van der Waals surface area (Å²) < 4.78 is 63.6. The summed E-state index contributed by atoms with van der Waals surface area (Å²) in [6.45, 7) is 13.9. The van der Waals surface area contributed by atoms with Crippen LogP contribution < -0.4 is 0 Å². The maximum atomic E-state index is 10.8. The van der Waals surface area contributed by atoms with Crippen molar-refractivity contribution in [2.24, 2.45) is 0 Å². The van der Waals surface area contributed by atoms with Gasteiger partial charge in [0.1, 0.15) is 6.61 Å². The van der Waals surface area contributed by atoms with E-state index < -0.39 is 5.97 Å². The van der Waals surface area contributed by atoms with Gasteiger partial charge in [0.05, 0.1) is 145 Å². The van der Waals surface area contributed by atoms with Gasteiger partial charge in [-0.2, -0.15) is 0 Å². The second kappa shape index (κ2) is 33.2. The third-order valence-electron chi connectivity index (χ3n) is 4.47. The van der Waals surface area contributed by atoms with E-state index in [1.165, 1.54) is 7.11 Å². The third kappa shape index (κ3) is 35.0. The predicted molar refractivity (Wildman–Crippen MR) is 141 cm³/mol. The highest BCUT2D eigenvalue weighted by molar-refractivity contribution is 5.70. The lowest BCUT2D eigenvalue weighted by Gasteiger charge is -2.09. The fraction of sp³-hybridized carbons (Fsp3) is 0.962. The Morgan fingerprint density at radius 1 is 0.410 bits per heavy atom. The molecule has 0 aliphatic rings. The van der Waals surface area contributed by atoms with Crippen LogP contribution in [0.25, 0.3) is 0 Å². The fourth-order valence-corrected chi connectivity index (χ4v) is 2.54. The van der Waals surface area contributed by atoms with Crippen LogP contribution >= 0.6 is 0 Å². The first-order valence-electron chi connectivity index (χ1n) is 13.6. The van der Waals surface area contributed by atoms with Gasteiger partial charge in [-0.05, 0) is 13.8 Å². The molecule has 0 aliphatic heterocycles. The molecule has 13 nitrogen and oxygen atoms in total. The topological polar surface area (TPSA) is 128 Å². The Morgan fingerprint density at radius 2 is 0.641 bits per heavy atom. The Hall–Kier alpha value is -0.970. The van der Waals surface area contributed by atoms with Crippen LogP contribution in [0.3, 0.4) is 0 Å². The van der Waals surface area contributed by atoms with Gasteiger partial charge in [-0.3, -0.25) is 0 Å². The van der Waals surface area contributed by atoms with Crippen molar-refractivity contribution >= 4 is 5.97 Å². The lowest BCUT2D eigenvalue weighted by molar-refractivity contribution is -0.146. The summed E-state index contributed by atoms with van der Waals surface area (Å²) in [6.07, 6.45) is 0.229. The molecule has 0 aromatic carbocycles. The molecule has 13 heteroatoms. The molecule has 0 aromatic heterocycles. The minimum absolute atomic E-state index is 0.0679. The summed E-state index contributed by atoms with van der Waals surface area (Å²) in [7, 11) is 1.32. The second-order valence-corrected chi connectivity index (χ2v) is 8.06. The molecule has 0 atom stereocenters. The van der Waals surface area contributed by atoms with Crippen LogP contribution in [-0.2, 0) is 61.6 Å². The SMILES string of the molecule is COC(=O)COCCOCCOCCOCCOCCOCCOCCOCCOCCOCCOC(C)C. The predicted octanol–water partition coefficient (Wildman–Crippen LogP) is 0.750. The van der Waals surface area contributed by atoms with Crippen molar-refractivity contribution in [3.63, 3.8) is 0 Å². The number of carbonyl (C=O) groups is 1. The number of esters is 1. The lowest BCUT2D eigenvalue weighted by atomic mass is 10.5. The van der Waals surface area contributed by atoms with E-state index in [1.54, 1.807) is 0 Å². The molecule has 234 valence electrons. The van der Waals surface area contributed by atoms with Gasteiger partial charge in [0.15, 0.2) is 0 Å². The standard InChI is InChI=1S/C26H52O13/c1-25(2)39-23-22-37-19-18-35-15-14-33-11-10-31-7-6-29-4-5-30-8-9-32-12-13-34-16-17-36-20-21-38-24-26(27)28-3/h25H,4-24H2,1-3H3. The van der Waals surface area contributed by atoms with Crippen molar-refractivity contribution in [3.8, 4) is 0 Å². The van der Waals surface area contributed by atoms with Crippen LogP contribution in [0.2, 0.25) is 0 Å². The van der Waals surface area contributed by atoms with E-state index in [4.69, 9.17) is 52.1 Å². The molecule has 0 amide bonds. The van der Waals surface area contributed by atoms with Gasteiger partial charge < -0.3 is 56.8 Å². The van der Waals surface area contributed by atoms with Crippen LogP contribution in [0, 0.1) is 0 Å². The Balaban J connectivity index is 3.04. The van der Waals surface area contributed by atoms with Crippen molar-refractivity contribution in [2.45, 2.75) is 20.0 Å².